The van der Waals surface area contributed by atoms with Gasteiger partial charge in [-0.2, -0.15) is 0 Å². The third kappa shape index (κ3) is 6.96. The molecule has 6 nitrogen and oxygen atoms in total. The summed E-state index contributed by atoms with van der Waals surface area (Å²) in [7, 11) is 0. The Balaban J connectivity index is 1.33. The number of hydrogen-bond donors (Lipinski definition) is 2. The van der Waals surface area contributed by atoms with E-state index >= 15 is 0 Å². The zero-order chi connectivity index (χ0) is 35.6. The average molecular weight is 659 g/mol. The number of rotatable bonds is 4. The van der Waals surface area contributed by atoms with Crippen LogP contribution in [0.15, 0.2) is 84.9 Å². The number of carbonyl (C=O) groups excluding carboxylic acids is 2. The molecule has 2 N–H and O–H groups in total. The lowest BCUT2D eigenvalue weighted by Gasteiger charge is -2.31. The summed E-state index contributed by atoms with van der Waals surface area (Å²) in [5, 5.41) is 5.68. The molecule has 2 aliphatic rings. The SMILES string of the molecule is CC(C)(C)OC(=O)Nc1ccc(-c2ccc3c(c2)C2(CC3(C)C)CC(C)(C)c3ccc(-c4ccc(NC(=O)OC(C)(C)C)cc4)cc32)cc1. The highest BCUT2D eigenvalue weighted by molar-refractivity contribution is 5.86. The minimum Gasteiger partial charge on any atom is -0.444 e. The lowest BCUT2D eigenvalue weighted by molar-refractivity contribution is 0.0624. The van der Waals surface area contributed by atoms with Gasteiger partial charge in [-0.25, -0.2) is 9.59 Å². The van der Waals surface area contributed by atoms with Crippen LogP contribution >= 0.6 is 0 Å². The normalized spacial score (nSPS) is 16.9. The summed E-state index contributed by atoms with van der Waals surface area (Å²) in [6, 6.07) is 29.9. The number of fused-ring (bicyclic) bond motifs is 4. The van der Waals surface area contributed by atoms with E-state index in [0.717, 1.165) is 35.1 Å². The lowest BCUT2D eigenvalue weighted by Crippen LogP contribution is -2.27. The van der Waals surface area contributed by atoms with Gasteiger partial charge in [-0.3, -0.25) is 10.6 Å². The van der Waals surface area contributed by atoms with Crippen molar-refractivity contribution in [2.75, 3.05) is 10.6 Å². The van der Waals surface area contributed by atoms with Gasteiger partial charge in [0.15, 0.2) is 0 Å². The monoisotopic (exact) mass is 658 g/mol. The molecule has 0 saturated heterocycles. The van der Waals surface area contributed by atoms with Crippen molar-refractivity contribution in [1.29, 1.82) is 0 Å². The van der Waals surface area contributed by atoms with Crippen LogP contribution in [0.5, 0.6) is 0 Å². The van der Waals surface area contributed by atoms with E-state index in [1.807, 2.05) is 65.8 Å². The van der Waals surface area contributed by atoms with E-state index in [2.05, 4.69) is 99.0 Å². The van der Waals surface area contributed by atoms with E-state index < -0.39 is 23.4 Å². The van der Waals surface area contributed by atoms with Gasteiger partial charge in [-0.1, -0.05) is 76.2 Å². The van der Waals surface area contributed by atoms with Gasteiger partial charge < -0.3 is 9.47 Å². The number of ether oxygens (including phenoxy) is 2. The standard InChI is InChI=1S/C43H50N2O4/c1-39(2,3)48-37(46)44-31-17-11-27(12-18-31)29-15-21-33-35(23-29)43(25-41(33,7)8)26-42(9,10)34-22-16-30(24-36(34)43)28-13-19-32(20-14-28)45-38(47)49-40(4,5)6/h11-24H,25-26H2,1-10H3,(H,44,46)(H,45,47). The first-order chi connectivity index (χ1) is 22.7. The van der Waals surface area contributed by atoms with E-state index in [-0.39, 0.29) is 16.2 Å². The van der Waals surface area contributed by atoms with Crippen molar-refractivity contribution in [3.63, 3.8) is 0 Å². The maximum atomic E-state index is 12.3. The van der Waals surface area contributed by atoms with E-state index in [9.17, 15) is 9.59 Å². The maximum Gasteiger partial charge on any atom is 0.412 e. The van der Waals surface area contributed by atoms with Crippen molar-refractivity contribution < 1.29 is 19.1 Å². The van der Waals surface area contributed by atoms with Crippen LogP contribution in [0, 0.1) is 0 Å². The number of hydrogen-bond acceptors (Lipinski definition) is 4. The largest absolute Gasteiger partial charge is 0.444 e. The maximum absolute atomic E-state index is 12.3. The van der Waals surface area contributed by atoms with Crippen molar-refractivity contribution in [2.24, 2.45) is 0 Å². The fraction of sp³-hybridized carbons (Fsp3) is 0.395. The van der Waals surface area contributed by atoms with E-state index in [1.165, 1.54) is 22.3 Å². The van der Waals surface area contributed by atoms with Gasteiger partial charge in [0.2, 0.25) is 0 Å². The van der Waals surface area contributed by atoms with Gasteiger partial charge in [0, 0.05) is 16.8 Å². The van der Waals surface area contributed by atoms with E-state index in [0.29, 0.717) is 11.4 Å². The highest BCUT2D eigenvalue weighted by Crippen LogP contribution is 2.63. The lowest BCUT2D eigenvalue weighted by atomic mass is 9.72. The average Bonchev–Trinajstić information content (AvgIpc) is 3.35. The third-order valence-electron chi connectivity index (χ3n) is 9.74. The molecule has 6 heteroatoms. The summed E-state index contributed by atoms with van der Waals surface area (Å²) in [6.07, 6.45) is 1.15. The molecular weight excluding hydrogens is 608 g/mol. The summed E-state index contributed by atoms with van der Waals surface area (Å²) < 4.78 is 10.9. The Morgan fingerprint density at radius 2 is 0.837 bits per heavy atom. The second-order valence-corrected chi connectivity index (χ2v) is 17.1. The van der Waals surface area contributed by atoms with Gasteiger partial charge in [0.25, 0.3) is 0 Å². The molecule has 0 saturated carbocycles. The smallest absolute Gasteiger partial charge is 0.412 e. The Bertz CT molecular complexity index is 1760. The highest BCUT2D eigenvalue weighted by Gasteiger charge is 2.56. The van der Waals surface area contributed by atoms with Crippen LogP contribution in [-0.4, -0.2) is 23.4 Å². The third-order valence-corrected chi connectivity index (χ3v) is 9.74. The highest BCUT2D eigenvalue weighted by atomic mass is 16.6. The van der Waals surface area contributed by atoms with Crippen molar-refractivity contribution in [1.82, 2.24) is 0 Å². The zero-order valence-electron chi connectivity index (χ0n) is 30.6. The predicted octanol–water partition coefficient (Wildman–Crippen LogP) is 11.4. The first kappa shape index (κ1) is 34.3. The summed E-state index contributed by atoms with van der Waals surface area (Å²) in [6.45, 7) is 20.6. The molecule has 1 spiro atoms. The topological polar surface area (TPSA) is 76.7 Å². The van der Waals surface area contributed by atoms with Gasteiger partial charge in [-0.05, 0) is 146 Å². The van der Waals surface area contributed by atoms with Crippen molar-refractivity contribution in [3.8, 4) is 22.3 Å². The second-order valence-electron chi connectivity index (χ2n) is 17.1. The molecular formula is C43H50N2O4. The molecule has 4 aromatic carbocycles. The molecule has 0 heterocycles. The van der Waals surface area contributed by atoms with Gasteiger partial charge in [0.1, 0.15) is 11.2 Å². The molecule has 4 aromatic rings. The molecule has 2 aliphatic carbocycles. The van der Waals surface area contributed by atoms with Crippen LogP contribution in [0.25, 0.3) is 22.3 Å². The first-order valence-electron chi connectivity index (χ1n) is 17.3. The van der Waals surface area contributed by atoms with Crippen molar-refractivity contribution >= 4 is 23.6 Å². The van der Waals surface area contributed by atoms with Crippen LogP contribution in [0.2, 0.25) is 0 Å². The molecule has 0 atom stereocenters. The number of nitrogens with one attached hydrogen (secondary N) is 2. The van der Waals surface area contributed by atoms with Gasteiger partial charge >= 0.3 is 12.2 Å². The molecule has 0 radical (unpaired) electrons. The summed E-state index contributed by atoms with van der Waals surface area (Å²) >= 11 is 0. The molecule has 6 rings (SSSR count). The Labute approximate surface area is 291 Å². The fourth-order valence-corrected chi connectivity index (χ4v) is 8.04. The molecule has 0 bridgehead atoms. The van der Waals surface area contributed by atoms with Crippen molar-refractivity contribution in [3.05, 3.63) is 107 Å². The summed E-state index contributed by atoms with van der Waals surface area (Å²) in [5.74, 6) is 0. The summed E-state index contributed by atoms with van der Waals surface area (Å²) in [5.41, 5.74) is 10.3. The molecule has 0 aliphatic heterocycles. The van der Waals surface area contributed by atoms with E-state index in [1.54, 1.807) is 0 Å². The van der Waals surface area contributed by atoms with Gasteiger partial charge in [0.05, 0.1) is 0 Å². The second kappa shape index (κ2) is 11.8. The van der Waals surface area contributed by atoms with Crippen LogP contribution in [0.4, 0.5) is 21.0 Å². The molecule has 0 unspecified atom stereocenters. The zero-order valence-corrected chi connectivity index (χ0v) is 30.6. The van der Waals surface area contributed by atoms with Crippen LogP contribution in [0.3, 0.4) is 0 Å². The fourth-order valence-electron chi connectivity index (χ4n) is 8.04. The Morgan fingerprint density at radius 3 is 1.16 bits per heavy atom. The Kier molecular flexibility index (Phi) is 8.25. The molecule has 256 valence electrons. The minimum atomic E-state index is -0.558. The Morgan fingerprint density at radius 1 is 0.510 bits per heavy atom. The van der Waals surface area contributed by atoms with Gasteiger partial charge in [-0.15, -0.1) is 0 Å². The predicted molar refractivity (Wildman–Crippen MR) is 200 cm³/mol. The number of anilines is 2. The number of benzene rings is 4. The molecule has 0 aromatic heterocycles. The van der Waals surface area contributed by atoms with E-state index in [4.69, 9.17) is 9.47 Å². The van der Waals surface area contributed by atoms with Crippen molar-refractivity contribution in [2.45, 2.75) is 110 Å². The summed E-state index contributed by atoms with van der Waals surface area (Å²) in [4.78, 5) is 24.6. The first-order valence-corrected chi connectivity index (χ1v) is 17.3. The Hall–Kier alpha value is -4.58. The quantitative estimate of drug-likeness (QED) is 0.229. The van der Waals surface area contributed by atoms with Crippen LogP contribution in [0.1, 0.15) is 104 Å². The molecule has 2 amide bonds. The number of amides is 2. The van der Waals surface area contributed by atoms with Crippen LogP contribution < -0.4 is 10.6 Å². The minimum absolute atomic E-state index is 0.0116. The molecule has 0 fully saturated rings. The number of carbonyl (C=O) groups is 2. The van der Waals surface area contributed by atoms with Crippen LogP contribution in [-0.2, 0) is 25.7 Å². The molecule has 49 heavy (non-hydrogen) atoms.